The first-order chi connectivity index (χ1) is 14.0. The fourth-order valence-electron chi connectivity index (χ4n) is 2.38. The van der Waals surface area contributed by atoms with Crippen molar-refractivity contribution < 1.29 is 18.8 Å². The van der Waals surface area contributed by atoms with Crippen molar-refractivity contribution in [2.75, 3.05) is 18.2 Å². The molecule has 0 saturated heterocycles. The zero-order valence-electron chi connectivity index (χ0n) is 15.2. The molecule has 0 unspecified atom stereocenters. The fraction of sp³-hybridized carbons (Fsp3) is 0.105. The summed E-state index contributed by atoms with van der Waals surface area (Å²) in [6, 6.07) is 14.1. The van der Waals surface area contributed by atoms with Crippen molar-refractivity contribution in [2.24, 2.45) is 0 Å². The lowest BCUT2D eigenvalue weighted by atomic mass is 10.1. The van der Waals surface area contributed by atoms with Gasteiger partial charge in [0.1, 0.15) is 10.8 Å². The van der Waals surface area contributed by atoms with Crippen LogP contribution < -0.4 is 10.1 Å². The number of methoxy groups -OCH3 is 1. The predicted octanol–water partition coefficient (Wildman–Crippen LogP) is 3.93. The number of anilines is 1. The summed E-state index contributed by atoms with van der Waals surface area (Å²) in [5.41, 5.74) is 1.01. The van der Waals surface area contributed by atoms with Crippen LogP contribution in [0.1, 0.15) is 0 Å². The summed E-state index contributed by atoms with van der Waals surface area (Å²) in [6.45, 7) is 0. The number of thioether (sulfide) groups is 1. The maximum atomic E-state index is 13.3. The van der Waals surface area contributed by atoms with E-state index in [4.69, 9.17) is 4.74 Å². The average molecular weight is 414 g/mol. The lowest BCUT2D eigenvalue weighted by Gasteiger charge is -2.06. The van der Waals surface area contributed by atoms with E-state index in [0.29, 0.717) is 10.7 Å². The van der Waals surface area contributed by atoms with Crippen molar-refractivity contribution in [3.63, 3.8) is 0 Å². The van der Waals surface area contributed by atoms with Crippen molar-refractivity contribution in [3.05, 3.63) is 70.5 Å². The Morgan fingerprint density at radius 2 is 1.93 bits per heavy atom. The predicted molar refractivity (Wildman–Crippen MR) is 106 cm³/mol. The summed E-state index contributed by atoms with van der Waals surface area (Å²) < 4.78 is 18.5. The molecule has 1 aromatic heterocycles. The van der Waals surface area contributed by atoms with Crippen molar-refractivity contribution in [1.82, 2.24) is 10.2 Å². The molecule has 148 valence electrons. The third kappa shape index (κ3) is 5.26. The van der Waals surface area contributed by atoms with Crippen molar-refractivity contribution in [2.45, 2.75) is 5.03 Å². The fourth-order valence-corrected chi connectivity index (χ4v) is 2.99. The maximum absolute atomic E-state index is 13.3. The highest BCUT2D eigenvalue weighted by atomic mass is 32.2. The number of ether oxygens (including phenoxy) is 1. The van der Waals surface area contributed by atoms with E-state index < -0.39 is 22.3 Å². The number of hydrogen-bond donors (Lipinski definition) is 1. The average Bonchev–Trinajstić information content (AvgIpc) is 2.74. The van der Waals surface area contributed by atoms with E-state index in [1.165, 1.54) is 6.07 Å². The highest BCUT2D eigenvalue weighted by Crippen LogP contribution is 2.24. The molecule has 0 fully saturated rings. The van der Waals surface area contributed by atoms with Gasteiger partial charge < -0.3 is 10.1 Å². The number of nitro benzene ring substituents is 1. The Morgan fingerprint density at radius 1 is 1.17 bits per heavy atom. The monoisotopic (exact) mass is 414 g/mol. The molecule has 1 N–H and O–H groups in total. The van der Waals surface area contributed by atoms with E-state index in [-0.39, 0.29) is 11.4 Å². The van der Waals surface area contributed by atoms with E-state index in [2.05, 4.69) is 15.5 Å². The number of benzene rings is 2. The van der Waals surface area contributed by atoms with Crippen LogP contribution in [0.15, 0.2) is 59.6 Å². The topological polar surface area (TPSA) is 107 Å². The third-order valence-electron chi connectivity index (χ3n) is 3.80. The molecular formula is C19H15FN4O4S. The van der Waals surface area contributed by atoms with Gasteiger partial charge in [-0.1, -0.05) is 11.8 Å². The van der Waals surface area contributed by atoms with Crippen LogP contribution in [-0.2, 0) is 4.79 Å². The highest BCUT2D eigenvalue weighted by molar-refractivity contribution is 7.99. The second-order valence-electron chi connectivity index (χ2n) is 5.75. The molecule has 0 saturated carbocycles. The van der Waals surface area contributed by atoms with Crippen LogP contribution in [0.3, 0.4) is 0 Å². The number of carbonyl (C=O) groups excluding carboxylic acids is 1. The van der Waals surface area contributed by atoms with E-state index in [9.17, 15) is 19.3 Å². The van der Waals surface area contributed by atoms with Crippen molar-refractivity contribution >= 4 is 29.0 Å². The minimum absolute atomic E-state index is 0.0156. The lowest BCUT2D eigenvalue weighted by Crippen LogP contribution is -2.14. The first-order valence-corrected chi connectivity index (χ1v) is 9.29. The van der Waals surface area contributed by atoms with Crippen LogP contribution in [0.25, 0.3) is 11.3 Å². The first-order valence-electron chi connectivity index (χ1n) is 8.31. The second-order valence-corrected chi connectivity index (χ2v) is 6.74. The molecule has 0 bridgehead atoms. The van der Waals surface area contributed by atoms with Gasteiger partial charge in [-0.15, -0.1) is 10.2 Å². The summed E-state index contributed by atoms with van der Waals surface area (Å²) in [6.07, 6.45) is 0. The summed E-state index contributed by atoms with van der Waals surface area (Å²) in [4.78, 5) is 22.0. The van der Waals surface area contributed by atoms with Crippen molar-refractivity contribution in [1.29, 1.82) is 0 Å². The van der Waals surface area contributed by atoms with E-state index in [1.807, 2.05) is 24.3 Å². The van der Waals surface area contributed by atoms with Gasteiger partial charge in [-0.2, -0.15) is 4.39 Å². The lowest BCUT2D eigenvalue weighted by molar-refractivity contribution is -0.387. The van der Waals surface area contributed by atoms with Gasteiger partial charge in [0.05, 0.1) is 23.5 Å². The Hall–Kier alpha value is -3.53. The van der Waals surface area contributed by atoms with Crippen LogP contribution in [0, 0.1) is 15.9 Å². The molecule has 0 radical (unpaired) electrons. The van der Waals surface area contributed by atoms with Gasteiger partial charge in [-0.3, -0.25) is 14.9 Å². The van der Waals surface area contributed by atoms with Crippen LogP contribution in [0.5, 0.6) is 5.75 Å². The number of nitrogens with one attached hydrogen (secondary N) is 1. The molecule has 29 heavy (non-hydrogen) atoms. The molecule has 10 heteroatoms. The van der Waals surface area contributed by atoms with Crippen LogP contribution in [0.2, 0.25) is 0 Å². The summed E-state index contributed by atoms with van der Waals surface area (Å²) in [7, 11) is 1.59. The Bertz CT molecular complexity index is 1030. The smallest absolute Gasteiger partial charge is 0.306 e. The van der Waals surface area contributed by atoms with E-state index in [0.717, 1.165) is 35.2 Å². The summed E-state index contributed by atoms with van der Waals surface area (Å²) in [5.74, 6) is -0.611. The van der Waals surface area contributed by atoms with Gasteiger partial charge in [-0.25, -0.2) is 0 Å². The minimum Gasteiger partial charge on any atom is -0.497 e. The zero-order chi connectivity index (χ0) is 20.8. The zero-order valence-corrected chi connectivity index (χ0v) is 16.0. The second kappa shape index (κ2) is 9.11. The molecule has 0 aliphatic heterocycles. The standard InChI is InChI=1S/C19H15FN4O4S/c1-28-14-5-2-12(3-6-14)16-8-9-19(23-22-16)29-11-18(25)21-13-4-7-15(20)17(10-13)24(26)27/h2-10H,11H2,1H3,(H,21,25). The molecule has 0 atom stereocenters. The number of carbonyl (C=O) groups is 1. The molecule has 2 aromatic carbocycles. The maximum Gasteiger partial charge on any atom is 0.306 e. The Labute approximate surface area is 169 Å². The third-order valence-corrected chi connectivity index (χ3v) is 4.72. The quantitative estimate of drug-likeness (QED) is 0.355. The SMILES string of the molecule is COc1ccc(-c2ccc(SCC(=O)Nc3ccc(F)c([N+](=O)[O-])c3)nn2)cc1. The van der Waals surface area contributed by atoms with Crippen LogP contribution in [-0.4, -0.2) is 33.9 Å². The largest absolute Gasteiger partial charge is 0.497 e. The summed E-state index contributed by atoms with van der Waals surface area (Å²) in [5, 5.41) is 22.0. The van der Waals surface area contributed by atoms with Gasteiger partial charge >= 0.3 is 5.69 Å². The molecule has 1 heterocycles. The molecule has 8 nitrogen and oxygen atoms in total. The van der Waals surface area contributed by atoms with E-state index >= 15 is 0 Å². The van der Waals surface area contributed by atoms with Crippen LogP contribution in [0.4, 0.5) is 15.8 Å². The van der Waals surface area contributed by atoms with Crippen molar-refractivity contribution in [3.8, 4) is 17.0 Å². The van der Waals surface area contributed by atoms with Gasteiger partial charge in [-0.05, 0) is 48.5 Å². The molecule has 3 rings (SSSR count). The molecule has 3 aromatic rings. The number of nitro groups is 1. The molecule has 1 amide bonds. The number of halogens is 1. The number of rotatable bonds is 7. The number of hydrogen-bond acceptors (Lipinski definition) is 7. The van der Waals surface area contributed by atoms with Gasteiger partial charge in [0.25, 0.3) is 0 Å². The molecule has 0 aliphatic carbocycles. The van der Waals surface area contributed by atoms with Gasteiger partial charge in [0.15, 0.2) is 0 Å². The molecule has 0 aliphatic rings. The van der Waals surface area contributed by atoms with Crippen LogP contribution >= 0.6 is 11.8 Å². The highest BCUT2D eigenvalue weighted by Gasteiger charge is 2.15. The van der Waals surface area contributed by atoms with Gasteiger partial charge in [0, 0.05) is 17.3 Å². The number of nitrogens with zero attached hydrogens (tertiary/aromatic N) is 3. The number of aromatic nitrogens is 2. The first kappa shape index (κ1) is 20.2. The minimum atomic E-state index is -0.963. The molecular weight excluding hydrogens is 399 g/mol. The molecule has 0 spiro atoms. The van der Waals surface area contributed by atoms with E-state index in [1.54, 1.807) is 19.2 Å². The Balaban J connectivity index is 1.57. The Morgan fingerprint density at radius 3 is 2.55 bits per heavy atom. The summed E-state index contributed by atoms with van der Waals surface area (Å²) >= 11 is 1.16. The number of amides is 1. The van der Waals surface area contributed by atoms with Gasteiger partial charge in [0.2, 0.25) is 11.7 Å². The Kier molecular flexibility index (Phi) is 6.35. The normalized spacial score (nSPS) is 10.4.